The van der Waals surface area contributed by atoms with Gasteiger partial charge in [-0.15, -0.1) is 0 Å². The zero-order valence-corrected chi connectivity index (χ0v) is 38.4. The van der Waals surface area contributed by atoms with Gasteiger partial charge in [-0.1, -0.05) is 157 Å². The summed E-state index contributed by atoms with van der Waals surface area (Å²) in [7, 11) is 0. The van der Waals surface area contributed by atoms with Crippen LogP contribution in [0.3, 0.4) is 0 Å². The molecular formula is C60H57N4+. The summed E-state index contributed by atoms with van der Waals surface area (Å²) in [6.07, 6.45) is 1.97. The molecule has 3 aliphatic heterocycles. The molecule has 64 heavy (non-hydrogen) atoms. The molecule has 0 saturated carbocycles. The number of benzene rings is 7. The van der Waals surface area contributed by atoms with E-state index in [1.165, 1.54) is 78.0 Å². The van der Waals surface area contributed by atoms with Gasteiger partial charge < -0.3 is 0 Å². The van der Waals surface area contributed by atoms with Crippen molar-refractivity contribution in [1.29, 1.82) is 0 Å². The second-order valence-corrected chi connectivity index (χ2v) is 20.5. The van der Waals surface area contributed by atoms with Crippen LogP contribution in [0.1, 0.15) is 86.1 Å². The number of pyridine rings is 1. The van der Waals surface area contributed by atoms with E-state index in [9.17, 15) is 0 Å². The number of quaternary nitrogens is 2. The fourth-order valence-electron chi connectivity index (χ4n) is 11.0. The van der Waals surface area contributed by atoms with Crippen molar-refractivity contribution >= 4 is 44.6 Å². The van der Waals surface area contributed by atoms with Crippen LogP contribution in [0.4, 0.5) is 22.7 Å². The summed E-state index contributed by atoms with van der Waals surface area (Å²) < 4.78 is 3.81. The molecule has 2 atom stereocenters. The van der Waals surface area contributed by atoms with Crippen molar-refractivity contribution in [2.45, 2.75) is 71.6 Å². The lowest BCUT2D eigenvalue weighted by molar-refractivity contribution is 0.187. The highest BCUT2D eigenvalue weighted by Crippen LogP contribution is 2.66. The van der Waals surface area contributed by atoms with Crippen LogP contribution in [0, 0.1) is 20.5 Å². The zero-order chi connectivity index (χ0) is 44.2. The summed E-state index contributed by atoms with van der Waals surface area (Å²) in [5.74, 6) is 0.931. The molecule has 12 rings (SSSR count). The summed E-state index contributed by atoms with van der Waals surface area (Å²) in [6.45, 7) is 21.9. The number of rotatable bonds is 7. The van der Waals surface area contributed by atoms with Crippen molar-refractivity contribution in [3.05, 3.63) is 233 Å². The highest BCUT2D eigenvalue weighted by molar-refractivity contribution is 6.09. The van der Waals surface area contributed by atoms with Crippen LogP contribution in [0.25, 0.3) is 27.6 Å². The number of aryl methyl sites for hydroxylation is 2. The summed E-state index contributed by atoms with van der Waals surface area (Å²) in [5, 5.41) is 2.43. The fourth-order valence-corrected chi connectivity index (χ4v) is 11.0. The first-order valence-electron chi connectivity index (χ1n) is 22.8. The number of hydrogen-bond acceptors (Lipinski definition) is 1. The number of para-hydroxylation sites is 2. The Hall–Kier alpha value is -6.59. The lowest BCUT2D eigenvalue weighted by atomic mass is 9.64. The van der Waals surface area contributed by atoms with E-state index >= 15 is 0 Å². The summed E-state index contributed by atoms with van der Waals surface area (Å²) >= 11 is 0. The molecule has 0 radical (unpaired) electrons. The molecule has 0 amide bonds. The first kappa shape index (κ1) is 40.2. The quantitative estimate of drug-likeness (QED) is 0.0888. The minimum atomic E-state index is -0.699. The number of aromatic nitrogens is 2. The normalized spacial score (nSPS) is 18.3. The maximum absolute atomic E-state index is 5.08. The third-order valence-electron chi connectivity index (χ3n) is 14.5. The molecule has 0 spiro atoms. The molecule has 316 valence electrons. The van der Waals surface area contributed by atoms with Crippen LogP contribution in [0.15, 0.2) is 182 Å². The summed E-state index contributed by atoms with van der Waals surface area (Å²) in [6, 6.07) is 66.5. The molecule has 0 N–H and O–H groups in total. The lowest BCUT2D eigenvalue weighted by Gasteiger charge is -2.56. The molecule has 5 heterocycles. The van der Waals surface area contributed by atoms with Gasteiger partial charge in [0.15, 0.2) is 18.0 Å². The van der Waals surface area contributed by atoms with Gasteiger partial charge in [0.2, 0.25) is 0 Å². The summed E-state index contributed by atoms with van der Waals surface area (Å²) in [5.41, 5.74) is 16.9. The van der Waals surface area contributed by atoms with Gasteiger partial charge in [0.25, 0.3) is 0 Å². The Morgan fingerprint density at radius 1 is 0.453 bits per heavy atom. The number of nitrogens with zero attached hydrogens (tertiary/aromatic N) is 4. The van der Waals surface area contributed by atoms with Gasteiger partial charge in [-0.2, -0.15) is 0 Å². The van der Waals surface area contributed by atoms with E-state index in [0.717, 1.165) is 28.0 Å². The Labute approximate surface area is 378 Å². The third-order valence-corrected chi connectivity index (χ3v) is 14.5. The van der Waals surface area contributed by atoms with E-state index < -0.39 is 5.41 Å². The van der Waals surface area contributed by atoms with Crippen LogP contribution in [-0.2, 0) is 16.2 Å². The highest BCUT2D eigenvalue weighted by atomic mass is 15.7. The van der Waals surface area contributed by atoms with Crippen LogP contribution >= 0.6 is 0 Å². The molecule has 1 fully saturated rings. The Morgan fingerprint density at radius 2 is 0.984 bits per heavy atom. The molecule has 7 aromatic carbocycles. The lowest BCUT2D eigenvalue weighted by Crippen LogP contribution is -2.67. The van der Waals surface area contributed by atoms with Crippen LogP contribution in [0.5, 0.6) is 0 Å². The minimum Gasteiger partial charge on any atom is -0.294 e. The van der Waals surface area contributed by atoms with Crippen LogP contribution in [0.2, 0.25) is 0 Å². The number of hydrogen-bond donors (Lipinski definition) is 0. The molecule has 2 bridgehead atoms. The molecule has 0 unspecified atom stereocenters. The minimum absolute atomic E-state index is 0.0277. The van der Waals surface area contributed by atoms with Gasteiger partial charge in [-0.25, -0.2) is 4.98 Å². The maximum Gasteiger partial charge on any atom is 0.186 e. The van der Waals surface area contributed by atoms with Gasteiger partial charge in [0.05, 0.1) is 23.1 Å². The van der Waals surface area contributed by atoms with E-state index in [1.54, 1.807) is 0 Å². The average Bonchev–Trinajstić information content (AvgIpc) is 3.87. The van der Waals surface area contributed by atoms with E-state index in [-0.39, 0.29) is 10.8 Å². The van der Waals surface area contributed by atoms with Crippen molar-refractivity contribution in [1.82, 2.24) is 18.5 Å². The van der Waals surface area contributed by atoms with Crippen molar-refractivity contribution in [2.75, 3.05) is 6.67 Å². The second kappa shape index (κ2) is 14.2. The van der Waals surface area contributed by atoms with Crippen molar-refractivity contribution in [3.63, 3.8) is 0 Å². The monoisotopic (exact) mass is 833 g/mol. The van der Waals surface area contributed by atoms with E-state index in [4.69, 9.17) is 4.98 Å². The third kappa shape index (κ3) is 5.85. The molecular weight excluding hydrogens is 777 g/mol. The van der Waals surface area contributed by atoms with Crippen LogP contribution < -0.4 is 8.97 Å². The molecule has 4 nitrogen and oxygen atoms in total. The van der Waals surface area contributed by atoms with Gasteiger partial charge in [-0.05, 0) is 106 Å². The number of fused-ring (bicyclic) bond motifs is 3. The largest absolute Gasteiger partial charge is 0.294 e. The Kier molecular flexibility index (Phi) is 8.92. The smallest absolute Gasteiger partial charge is 0.186 e. The predicted molar refractivity (Wildman–Crippen MR) is 269 cm³/mol. The van der Waals surface area contributed by atoms with E-state index in [2.05, 4.69) is 243 Å². The molecule has 4 heteroatoms. The Balaban J connectivity index is 1.23. The summed E-state index contributed by atoms with van der Waals surface area (Å²) in [4.78, 5) is 5.08. The van der Waals surface area contributed by atoms with Gasteiger partial charge in [-0.3, -0.25) is 13.5 Å². The van der Waals surface area contributed by atoms with Gasteiger partial charge in [0, 0.05) is 41.2 Å². The zero-order valence-electron chi connectivity index (χ0n) is 38.4. The van der Waals surface area contributed by atoms with E-state index in [1.807, 2.05) is 6.20 Å². The molecule has 0 aliphatic carbocycles. The van der Waals surface area contributed by atoms with Crippen molar-refractivity contribution < 1.29 is 0 Å². The molecule has 3 aliphatic rings. The van der Waals surface area contributed by atoms with Crippen LogP contribution in [-0.4, -0.2) is 16.2 Å². The predicted octanol–water partition coefficient (Wildman–Crippen LogP) is 15.2. The van der Waals surface area contributed by atoms with E-state index in [0.29, 0.717) is 4.48 Å². The van der Waals surface area contributed by atoms with Gasteiger partial charge >= 0.3 is 0 Å². The highest BCUT2D eigenvalue weighted by Gasteiger charge is 2.63. The maximum atomic E-state index is 5.08. The second-order valence-electron chi connectivity index (χ2n) is 20.5. The average molecular weight is 834 g/mol. The van der Waals surface area contributed by atoms with Crippen molar-refractivity contribution in [2.24, 2.45) is 0 Å². The standard InChI is InChI=1S/C60H57N4/c1-41-32-55-56(33-42(41)2)64(39-63(55,40-64)49-24-16-11-17-25-49)50-35-47(59(6,7)8)34-48(36-50)60(43-20-12-9-13-21-43,44-22-14-10-15-23-44)46-28-29-52-51-26-18-19-27-53(51)62(54(52)37-46)57-38-45(30-31-61-57)58(3,4)5/h9-39H,40H2,1-8H3/q+1/t63-,64+/m0/s1. The molecule has 1 saturated heterocycles. The molecule has 9 aromatic rings. The molecule has 2 aromatic heterocycles. The Bertz CT molecular complexity index is 3210. The SMILES string of the molecule is Cc1cc2c(cc1C)[N@+]1(c3cc(C(C)(C)C)cc(C(c4ccccc4)(c4ccccc4)c4ccc5c6ccccc6n(-c6cc(C(C)(C)C)ccn6)c5c4)c3)[CH-][N@@+]2(c2ccccc2)C1. The first-order chi connectivity index (χ1) is 30.7. The Morgan fingerprint density at radius 3 is 1.59 bits per heavy atom. The fraction of sp³-hybridized carbons (Fsp3) is 0.200. The van der Waals surface area contributed by atoms with Gasteiger partial charge in [0.1, 0.15) is 17.2 Å². The topological polar surface area (TPSA) is 17.8 Å². The van der Waals surface area contributed by atoms with Crippen molar-refractivity contribution in [3.8, 4) is 5.82 Å². The first-order valence-corrected chi connectivity index (χ1v) is 22.8.